The van der Waals surface area contributed by atoms with Gasteiger partial charge in [0.25, 0.3) is 0 Å². The van der Waals surface area contributed by atoms with Gasteiger partial charge >= 0.3 is 0 Å². The number of hydrogen-bond acceptors (Lipinski definition) is 6. The van der Waals surface area contributed by atoms with Crippen molar-refractivity contribution in [2.45, 2.75) is 29.7 Å². The molecule has 0 amide bonds. The Hall–Kier alpha value is -1.65. The first-order chi connectivity index (χ1) is 11.1. The second kappa shape index (κ2) is 5.71. The fourth-order valence-electron chi connectivity index (χ4n) is 2.79. The van der Waals surface area contributed by atoms with Gasteiger partial charge in [0, 0.05) is 20.1 Å². The molecule has 0 N–H and O–H groups in total. The molecule has 1 aliphatic rings. The van der Waals surface area contributed by atoms with Crippen LogP contribution in [0.1, 0.15) is 17.1 Å². The van der Waals surface area contributed by atoms with Gasteiger partial charge in [0.15, 0.2) is 9.84 Å². The molecule has 1 fully saturated rings. The highest BCUT2D eigenvalue weighted by Gasteiger charge is 2.45. The maximum Gasteiger partial charge on any atom is 0.246 e. The van der Waals surface area contributed by atoms with Crippen LogP contribution in [0.25, 0.3) is 0 Å². The molecule has 0 aliphatic carbocycles. The van der Waals surface area contributed by atoms with Crippen LogP contribution >= 0.6 is 0 Å². The van der Waals surface area contributed by atoms with Gasteiger partial charge in [-0.25, -0.2) is 16.8 Å². The van der Waals surface area contributed by atoms with Crippen molar-refractivity contribution >= 4 is 19.9 Å². The lowest BCUT2D eigenvalue weighted by Gasteiger charge is -2.37. The van der Waals surface area contributed by atoms with E-state index in [1.54, 1.807) is 33.0 Å². The normalized spacial score (nSPS) is 17.1. The van der Waals surface area contributed by atoms with Crippen LogP contribution in [0.2, 0.25) is 0 Å². The van der Waals surface area contributed by atoms with Gasteiger partial charge in [0.1, 0.15) is 16.4 Å². The number of aryl methyl sites for hydroxylation is 2. The van der Waals surface area contributed by atoms with Gasteiger partial charge in [0.05, 0.1) is 22.9 Å². The minimum Gasteiger partial charge on any atom is -0.468 e. The Bertz CT molecular complexity index is 952. The van der Waals surface area contributed by atoms with E-state index < -0.39 is 25.1 Å². The number of sulfone groups is 1. The summed E-state index contributed by atoms with van der Waals surface area (Å²) in [6, 6.07) is 3.21. The number of sulfonamides is 1. The third-order valence-corrected chi connectivity index (χ3v) is 8.37. The zero-order valence-electron chi connectivity index (χ0n) is 13.6. The van der Waals surface area contributed by atoms with Gasteiger partial charge in [-0.05, 0) is 26.0 Å². The van der Waals surface area contributed by atoms with Crippen LogP contribution in [0.5, 0.6) is 0 Å². The highest BCUT2D eigenvalue weighted by molar-refractivity contribution is 7.92. The van der Waals surface area contributed by atoms with Crippen molar-refractivity contribution in [3.8, 4) is 0 Å². The molecule has 0 saturated carbocycles. The van der Waals surface area contributed by atoms with Gasteiger partial charge < -0.3 is 4.42 Å². The van der Waals surface area contributed by atoms with E-state index in [2.05, 4.69) is 5.10 Å². The molecule has 0 bridgehead atoms. The lowest BCUT2D eigenvalue weighted by molar-refractivity contribution is 0.309. The van der Waals surface area contributed by atoms with Crippen LogP contribution in [0.15, 0.2) is 27.7 Å². The fraction of sp³-hybridized carbons (Fsp3) is 0.500. The molecule has 0 atom stereocenters. The standard InChI is InChI=1S/C14H19N3O5S2/c1-10-14(11(2)16(3)15-10)24(20,21)17-7-13(8-17)23(18,19)9-12-5-4-6-22-12/h4-6,13H,7-9H2,1-3H3. The van der Waals surface area contributed by atoms with Gasteiger partial charge in [-0.1, -0.05) is 0 Å². The van der Waals surface area contributed by atoms with Crippen molar-refractivity contribution < 1.29 is 21.3 Å². The first-order valence-electron chi connectivity index (χ1n) is 7.37. The van der Waals surface area contributed by atoms with E-state index in [0.29, 0.717) is 17.1 Å². The minimum atomic E-state index is -3.74. The van der Waals surface area contributed by atoms with Crippen LogP contribution < -0.4 is 0 Å². The van der Waals surface area contributed by atoms with E-state index in [0.717, 1.165) is 0 Å². The van der Waals surface area contributed by atoms with Crippen molar-refractivity contribution in [2.75, 3.05) is 13.1 Å². The van der Waals surface area contributed by atoms with Gasteiger partial charge in [0.2, 0.25) is 10.0 Å². The number of aromatic nitrogens is 2. The third kappa shape index (κ3) is 2.78. The van der Waals surface area contributed by atoms with Crippen LogP contribution in [-0.2, 0) is 32.7 Å². The average Bonchev–Trinajstić information content (AvgIpc) is 2.95. The maximum atomic E-state index is 12.7. The van der Waals surface area contributed by atoms with E-state index in [9.17, 15) is 16.8 Å². The van der Waals surface area contributed by atoms with Crippen molar-refractivity contribution in [2.24, 2.45) is 7.05 Å². The molecule has 8 nitrogen and oxygen atoms in total. The lowest BCUT2D eigenvalue weighted by atomic mass is 10.3. The summed E-state index contributed by atoms with van der Waals surface area (Å²) in [6.45, 7) is 3.22. The highest BCUT2D eigenvalue weighted by Crippen LogP contribution is 2.29. The SMILES string of the molecule is Cc1nn(C)c(C)c1S(=O)(=O)N1CC(S(=O)(=O)Cc2ccco2)C1. The lowest BCUT2D eigenvalue weighted by Crippen LogP contribution is -2.57. The van der Waals surface area contributed by atoms with E-state index >= 15 is 0 Å². The monoisotopic (exact) mass is 373 g/mol. The molecule has 24 heavy (non-hydrogen) atoms. The van der Waals surface area contributed by atoms with E-state index in [1.165, 1.54) is 15.3 Å². The second-order valence-corrected chi connectivity index (χ2v) is 10.1. The Morgan fingerprint density at radius 2 is 1.92 bits per heavy atom. The van der Waals surface area contributed by atoms with Crippen molar-refractivity contribution in [3.63, 3.8) is 0 Å². The number of hydrogen-bond donors (Lipinski definition) is 0. The second-order valence-electron chi connectivity index (χ2n) is 5.95. The van der Waals surface area contributed by atoms with Crippen molar-refractivity contribution in [3.05, 3.63) is 35.5 Å². The molecule has 132 valence electrons. The van der Waals surface area contributed by atoms with E-state index in [1.807, 2.05) is 0 Å². The molecule has 10 heteroatoms. The third-order valence-electron chi connectivity index (χ3n) is 4.29. The summed E-state index contributed by atoms with van der Waals surface area (Å²) in [5.41, 5.74) is 0.950. The highest BCUT2D eigenvalue weighted by atomic mass is 32.2. The van der Waals surface area contributed by atoms with Crippen LogP contribution in [0.3, 0.4) is 0 Å². The Labute approximate surface area is 141 Å². The summed E-state index contributed by atoms with van der Waals surface area (Å²) in [7, 11) is -5.52. The molecule has 3 heterocycles. The molecule has 0 aromatic carbocycles. The number of rotatable bonds is 5. The number of furan rings is 1. The first kappa shape index (κ1) is 17.2. The summed E-state index contributed by atoms with van der Waals surface area (Å²) in [4.78, 5) is 0.159. The predicted octanol–water partition coefficient (Wildman–Crippen LogP) is 0.618. The van der Waals surface area contributed by atoms with Crippen LogP contribution in [0, 0.1) is 13.8 Å². The molecule has 3 rings (SSSR count). The predicted molar refractivity (Wildman–Crippen MR) is 86.6 cm³/mol. The number of nitrogens with zero attached hydrogens (tertiary/aromatic N) is 3. The summed E-state index contributed by atoms with van der Waals surface area (Å²) in [6.07, 6.45) is 1.41. The molecule has 1 saturated heterocycles. The molecule has 0 spiro atoms. The summed E-state index contributed by atoms with van der Waals surface area (Å²) in [5.74, 6) is 0.138. The van der Waals surface area contributed by atoms with Crippen molar-refractivity contribution in [1.29, 1.82) is 0 Å². The summed E-state index contributed by atoms with van der Waals surface area (Å²) < 4.78 is 57.9. The smallest absolute Gasteiger partial charge is 0.246 e. The van der Waals surface area contributed by atoms with Gasteiger partial charge in [-0.3, -0.25) is 4.68 Å². The molecule has 2 aromatic heterocycles. The summed E-state index contributed by atoms with van der Waals surface area (Å²) in [5, 5.41) is 3.40. The molecular formula is C14H19N3O5S2. The Morgan fingerprint density at radius 1 is 1.25 bits per heavy atom. The molecule has 0 radical (unpaired) electrons. The molecule has 1 aliphatic heterocycles. The zero-order chi connectivity index (χ0) is 17.7. The molecule has 0 unspecified atom stereocenters. The average molecular weight is 373 g/mol. The quantitative estimate of drug-likeness (QED) is 0.761. The maximum absolute atomic E-state index is 12.7. The van der Waals surface area contributed by atoms with Crippen LogP contribution in [-0.4, -0.2) is 49.3 Å². The summed E-state index contributed by atoms with van der Waals surface area (Å²) >= 11 is 0. The largest absolute Gasteiger partial charge is 0.468 e. The topological polar surface area (TPSA) is 102 Å². The minimum absolute atomic E-state index is 0.0425. The Balaban J connectivity index is 1.76. The van der Waals surface area contributed by atoms with Crippen molar-refractivity contribution in [1.82, 2.24) is 14.1 Å². The molecular weight excluding hydrogens is 354 g/mol. The molecule has 2 aromatic rings. The van der Waals surface area contributed by atoms with E-state index in [-0.39, 0.29) is 23.7 Å². The van der Waals surface area contributed by atoms with Crippen LogP contribution in [0.4, 0.5) is 0 Å². The Kier molecular flexibility index (Phi) is 4.09. The van der Waals surface area contributed by atoms with Gasteiger partial charge in [-0.2, -0.15) is 9.40 Å². The fourth-order valence-corrected chi connectivity index (χ4v) is 6.52. The zero-order valence-corrected chi connectivity index (χ0v) is 15.3. The van der Waals surface area contributed by atoms with E-state index in [4.69, 9.17) is 4.42 Å². The van der Waals surface area contributed by atoms with Gasteiger partial charge in [-0.15, -0.1) is 0 Å². The Morgan fingerprint density at radius 3 is 2.42 bits per heavy atom. The first-order valence-corrected chi connectivity index (χ1v) is 10.5.